The number of rotatable bonds is 5. The summed E-state index contributed by atoms with van der Waals surface area (Å²) in [5.41, 5.74) is 0.488. The van der Waals surface area contributed by atoms with Gasteiger partial charge in [-0.3, -0.25) is 0 Å². The van der Waals surface area contributed by atoms with Crippen molar-refractivity contribution in [2.45, 2.75) is 19.4 Å². The number of urea groups is 1. The molecule has 0 unspecified atom stereocenters. The van der Waals surface area contributed by atoms with E-state index in [1.54, 1.807) is 24.1 Å². The highest BCUT2D eigenvalue weighted by Gasteiger charge is 2.34. The van der Waals surface area contributed by atoms with Crippen molar-refractivity contribution in [2.24, 2.45) is 5.41 Å². The molecule has 2 amide bonds. The lowest BCUT2D eigenvalue weighted by atomic mass is 9.80. The predicted octanol–water partition coefficient (Wildman–Crippen LogP) is 2.92. The fourth-order valence-electron chi connectivity index (χ4n) is 2.74. The molecule has 0 aromatic heterocycles. The average molecular weight is 361 g/mol. The minimum absolute atomic E-state index is 0.0497. The monoisotopic (exact) mass is 360 g/mol. The summed E-state index contributed by atoms with van der Waals surface area (Å²) in [5.74, 6) is 0. The summed E-state index contributed by atoms with van der Waals surface area (Å²) in [6.45, 7) is 2.08. The van der Waals surface area contributed by atoms with E-state index in [9.17, 15) is 9.90 Å². The summed E-state index contributed by atoms with van der Waals surface area (Å²) in [6.07, 6.45) is 1.50. The first-order chi connectivity index (χ1) is 11.0. The van der Waals surface area contributed by atoms with Crippen LogP contribution in [0.1, 0.15) is 18.4 Å². The standard InChI is InChI=1S/C16H22Cl2N2O3/c1-20(10-16(11-21)5-7-23-8-6-16)15(22)19-9-12-3-2-4-13(17)14(12)18/h2-4,21H,5-11H2,1H3,(H,19,22). The molecule has 0 radical (unpaired) electrons. The van der Waals surface area contributed by atoms with Crippen molar-refractivity contribution in [3.63, 3.8) is 0 Å². The molecule has 1 fully saturated rings. The Morgan fingerprint density at radius 3 is 2.74 bits per heavy atom. The minimum atomic E-state index is -0.280. The molecule has 0 spiro atoms. The molecule has 5 nitrogen and oxygen atoms in total. The smallest absolute Gasteiger partial charge is 0.317 e. The van der Waals surface area contributed by atoms with Gasteiger partial charge in [-0.05, 0) is 24.5 Å². The lowest BCUT2D eigenvalue weighted by Gasteiger charge is -2.38. The van der Waals surface area contributed by atoms with E-state index in [0.717, 1.165) is 18.4 Å². The summed E-state index contributed by atoms with van der Waals surface area (Å²) in [5, 5.41) is 13.4. The third-order valence-corrected chi connectivity index (χ3v) is 5.13. The molecular weight excluding hydrogens is 339 g/mol. The van der Waals surface area contributed by atoms with E-state index >= 15 is 0 Å². The number of aliphatic hydroxyl groups excluding tert-OH is 1. The summed E-state index contributed by atoms with van der Waals surface area (Å²) in [6, 6.07) is 5.11. The third-order valence-electron chi connectivity index (χ3n) is 4.27. The lowest BCUT2D eigenvalue weighted by molar-refractivity contribution is -0.0261. The molecule has 0 bridgehead atoms. The Morgan fingerprint density at radius 2 is 2.09 bits per heavy atom. The van der Waals surface area contributed by atoms with Crippen molar-refractivity contribution in [3.05, 3.63) is 33.8 Å². The number of halogens is 2. The number of nitrogens with one attached hydrogen (secondary N) is 1. The van der Waals surface area contributed by atoms with Crippen LogP contribution in [0.5, 0.6) is 0 Å². The van der Waals surface area contributed by atoms with Gasteiger partial charge < -0.3 is 20.1 Å². The zero-order valence-corrected chi connectivity index (χ0v) is 14.7. The van der Waals surface area contributed by atoms with Gasteiger partial charge in [0, 0.05) is 38.8 Å². The number of carbonyl (C=O) groups excluding carboxylic acids is 1. The number of aliphatic hydroxyl groups is 1. The Balaban J connectivity index is 1.90. The van der Waals surface area contributed by atoms with Gasteiger partial charge in [0.05, 0.1) is 16.7 Å². The van der Waals surface area contributed by atoms with E-state index in [4.69, 9.17) is 27.9 Å². The van der Waals surface area contributed by atoms with Gasteiger partial charge in [0.1, 0.15) is 0 Å². The van der Waals surface area contributed by atoms with Crippen LogP contribution in [0.3, 0.4) is 0 Å². The van der Waals surface area contributed by atoms with Gasteiger partial charge in [-0.15, -0.1) is 0 Å². The second-order valence-electron chi connectivity index (χ2n) is 6.00. The molecule has 1 saturated heterocycles. The molecule has 1 aromatic carbocycles. The van der Waals surface area contributed by atoms with E-state index in [1.165, 1.54) is 0 Å². The Hall–Kier alpha value is -1.01. The third kappa shape index (κ3) is 4.73. The SMILES string of the molecule is CN(CC1(CO)CCOCC1)C(=O)NCc1cccc(Cl)c1Cl. The molecule has 2 rings (SSSR count). The van der Waals surface area contributed by atoms with Gasteiger partial charge in [-0.25, -0.2) is 4.79 Å². The molecule has 23 heavy (non-hydrogen) atoms. The molecule has 1 aliphatic rings. The van der Waals surface area contributed by atoms with Crippen LogP contribution in [0.15, 0.2) is 18.2 Å². The van der Waals surface area contributed by atoms with Crippen LogP contribution in [0.25, 0.3) is 0 Å². The Kier molecular flexibility index (Phi) is 6.53. The maximum absolute atomic E-state index is 12.3. The number of nitrogens with zero attached hydrogens (tertiary/aromatic N) is 1. The molecule has 128 valence electrons. The van der Waals surface area contributed by atoms with E-state index in [2.05, 4.69) is 5.32 Å². The van der Waals surface area contributed by atoms with Crippen LogP contribution in [0.4, 0.5) is 4.79 Å². The predicted molar refractivity (Wildman–Crippen MR) is 90.9 cm³/mol. The molecule has 0 saturated carbocycles. The van der Waals surface area contributed by atoms with Crippen LogP contribution >= 0.6 is 23.2 Å². The van der Waals surface area contributed by atoms with Crippen molar-refractivity contribution in [3.8, 4) is 0 Å². The maximum Gasteiger partial charge on any atom is 0.317 e. The average Bonchev–Trinajstić information content (AvgIpc) is 2.56. The fraction of sp³-hybridized carbons (Fsp3) is 0.562. The molecular formula is C16H22Cl2N2O3. The molecule has 2 N–H and O–H groups in total. The summed E-state index contributed by atoms with van der Waals surface area (Å²) >= 11 is 12.1. The van der Waals surface area contributed by atoms with Gasteiger partial charge in [-0.2, -0.15) is 0 Å². The quantitative estimate of drug-likeness (QED) is 0.848. The number of hydrogen-bond acceptors (Lipinski definition) is 3. The van der Waals surface area contributed by atoms with Crippen molar-refractivity contribution >= 4 is 29.2 Å². The van der Waals surface area contributed by atoms with Gasteiger partial charge in [0.25, 0.3) is 0 Å². The van der Waals surface area contributed by atoms with Crippen molar-refractivity contribution in [1.29, 1.82) is 0 Å². The largest absolute Gasteiger partial charge is 0.396 e. The Morgan fingerprint density at radius 1 is 1.39 bits per heavy atom. The first-order valence-electron chi connectivity index (χ1n) is 7.58. The second-order valence-corrected chi connectivity index (χ2v) is 6.78. The topological polar surface area (TPSA) is 61.8 Å². The number of amides is 2. The first kappa shape index (κ1) is 18.3. The van der Waals surface area contributed by atoms with Crippen LogP contribution in [0, 0.1) is 5.41 Å². The first-order valence-corrected chi connectivity index (χ1v) is 8.33. The van der Waals surface area contributed by atoms with Gasteiger partial charge in [0.2, 0.25) is 0 Å². The number of hydrogen-bond donors (Lipinski definition) is 2. The van der Waals surface area contributed by atoms with E-state index in [1.807, 2.05) is 6.07 Å². The van der Waals surface area contributed by atoms with Crippen molar-refractivity contribution in [2.75, 3.05) is 33.4 Å². The van der Waals surface area contributed by atoms with Gasteiger partial charge in [0.15, 0.2) is 0 Å². The van der Waals surface area contributed by atoms with Gasteiger partial charge >= 0.3 is 6.03 Å². The number of ether oxygens (including phenoxy) is 1. The molecule has 1 heterocycles. The zero-order chi connectivity index (χ0) is 16.9. The summed E-state index contributed by atoms with van der Waals surface area (Å²) < 4.78 is 5.34. The lowest BCUT2D eigenvalue weighted by Crippen LogP contribution is -2.47. The number of benzene rings is 1. The number of carbonyl (C=O) groups is 1. The molecule has 0 aliphatic carbocycles. The Labute approximate surface area is 146 Å². The van der Waals surface area contributed by atoms with Gasteiger partial charge in [-0.1, -0.05) is 35.3 Å². The fourth-order valence-corrected chi connectivity index (χ4v) is 3.12. The Bertz CT molecular complexity index is 548. The molecule has 1 aliphatic heterocycles. The van der Waals surface area contributed by atoms with E-state index < -0.39 is 0 Å². The highest BCUT2D eigenvalue weighted by atomic mass is 35.5. The van der Waals surface area contributed by atoms with Crippen molar-refractivity contribution in [1.82, 2.24) is 10.2 Å². The van der Waals surface area contributed by atoms with Crippen LogP contribution < -0.4 is 5.32 Å². The van der Waals surface area contributed by atoms with Crippen LogP contribution in [0.2, 0.25) is 10.0 Å². The summed E-state index contributed by atoms with van der Waals surface area (Å²) in [7, 11) is 1.72. The second kappa shape index (κ2) is 8.20. The van der Waals surface area contributed by atoms with E-state index in [0.29, 0.717) is 36.3 Å². The molecule has 1 aromatic rings. The summed E-state index contributed by atoms with van der Waals surface area (Å²) in [4.78, 5) is 13.9. The maximum atomic E-state index is 12.3. The van der Waals surface area contributed by atoms with Crippen LogP contribution in [-0.2, 0) is 11.3 Å². The minimum Gasteiger partial charge on any atom is -0.396 e. The normalized spacial score (nSPS) is 16.9. The highest BCUT2D eigenvalue weighted by Crippen LogP contribution is 2.30. The zero-order valence-electron chi connectivity index (χ0n) is 13.1. The molecule has 0 atom stereocenters. The van der Waals surface area contributed by atoms with E-state index in [-0.39, 0.29) is 18.1 Å². The molecule has 7 heteroatoms. The van der Waals surface area contributed by atoms with Crippen molar-refractivity contribution < 1.29 is 14.6 Å². The van der Waals surface area contributed by atoms with Crippen LogP contribution in [-0.4, -0.2) is 49.5 Å². The highest BCUT2D eigenvalue weighted by molar-refractivity contribution is 6.42.